The molecule has 0 bridgehead atoms. The van der Waals surface area contributed by atoms with Gasteiger partial charge >= 0.3 is 5.97 Å². The molecule has 25 heavy (non-hydrogen) atoms. The smallest absolute Gasteiger partial charge is 0.338 e. The molecule has 0 aliphatic rings. The van der Waals surface area contributed by atoms with E-state index in [0.29, 0.717) is 44.4 Å². The van der Waals surface area contributed by atoms with Crippen LogP contribution in [-0.2, 0) is 4.74 Å². The van der Waals surface area contributed by atoms with Gasteiger partial charge in [-0.25, -0.2) is 4.79 Å². The number of carbonyl (C=O) groups excluding carboxylic acids is 1. The van der Waals surface area contributed by atoms with Crippen LogP contribution in [0.3, 0.4) is 0 Å². The maximum absolute atomic E-state index is 11.8. The van der Waals surface area contributed by atoms with E-state index in [1.54, 1.807) is 55.3 Å². The molecule has 0 saturated carbocycles. The fourth-order valence-corrected chi connectivity index (χ4v) is 2.81. The molecule has 2 aromatic carbocycles. The second kappa shape index (κ2) is 8.38. The second-order valence-corrected chi connectivity index (χ2v) is 6.28. The van der Waals surface area contributed by atoms with E-state index < -0.39 is 5.97 Å². The molecule has 2 aromatic rings. The molecule has 0 atom stereocenters. The van der Waals surface area contributed by atoms with Crippen LogP contribution in [-0.4, -0.2) is 24.7 Å². The molecule has 0 saturated heterocycles. The zero-order valence-electron chi connectivity index (χ0n) is 13.7. The lowest BCUT2D eigenvalue weighted by Gasteiger charge is -2.23. The number of ether oxygens (including phenoxy) is 1. The molecule has 0 radical (unpaired) electrons. The summed E-state index contributed by atoms with van der Waals surface area (Å²) in [5.41, 5.74) is 7.98. The van der Waals surface area contributed by atoms with Crippen LogP contribution < -0.4 is 16.0 Å². The highest BCUT2D eigenvalue weighted by Gasteiger charge is 2.15. The number of esters is 1. The van der Waals surface area contributed by atoms with Crippen LogP contribution in [0.5, 0.6) is 0 Å². The number of nitrogens with one attached hydrogen (secondary N) is 1. The standard InChI is InChI=1S/C17H17Cl2N3O2S/c1-3-24-16(23)10-7-8-14(13(20)9-10)22(2)17(25)21-15-11(18)5-4-6-12(15)19/h4-9H,3,20H2,1-2H3,(H,21,25). The molecule has 0 fully saturated rings. The number of halogens is 2. The lowest BCUT2D eigenvalue weighted by atomic mass is 10.1. The molecule has 0 unspecified atom stereocenters. The van der Waals surface area contributed by atoms with Gasteiger partial charge in [0, 0.05) is 7.05 Å². The average Bonchev–Trinajstić information content (AvgIpc) is 2.57. The van der Waals surface area contributed by atoms with Crippen LogP contribution >= 0.6 is 35.4 Å². The van der Waals surface area contributed by atoms with Crippen molar-refractivity contribution in [1.82, 2.24) is 0 Å². The summed E-state index contributed by atoms with van der Waals surface area (Å²) in [6, 6.07) is 10.0. The molecule has 2 rings (SSSR count). The van der Waals surface area contributed by atoms with Gasteiger partial charge in [-0.3, -0.25) is 0 Å². The van der Waals surface area contributed by atoms with Gasteiger partial charge in [0.2, 0.25) is 0 Å². The maximum atomic E-state index is 11.8. The highest BCUT2D eigenvalue weighted by molar-refractivity contribution is 7.80. The van der Waals surface area contributed by atoms with Gasteiger partial charge in [0.05, 0.1) is 39.3 Å². The van der Waals surface area contributed by atoms with Crippen LogP contribution in [0.4, 0.5) is 17.1 Å². The first-order valence-corrected chi connectivity index (χ1v) is 8.57. The van der Waals surface area contributed by atoms with Crippen LogP contribution in [0.2, 0.25) is 10.0 Å². The molecule has 0 spiro atoms. The number of hydrogen-bond acceptors (Lipinski definition) is 4. The predicted molar refractivity (Wildman–Crippen MR) is 108 cm³/mol. The van der Waals surface area contributed by atoms with Gasteiger partial charge in [0.1, 0.15) is 0 Å². The summed E-state index contributed by atoms with van der Waals surface area (Å²) < 4.78 is 4.96. The summed E-state index contributed by atoms with van der Waals surface area (Å²) in [4.78, 5) is 13.4. The number of benzene rings is 2. The van der Waals surface area contributed by atoms with Gasteiger partial charge in [0.25, 0.3) is 0 Å². The number of thiocarbonyl (C=S) groups is 1. The number of rotatable bonds is 4. The van der Waals surface area contributed by atoms with Crippen molar-refractivity contribution in [2.75, 3.05) is 29.6 Å². The molecule has 8 heteroatoms. The van der Waals surface area contributed by atoms with Crippen LogP contribution in [0.25, 0.3) is 0 Å². The molecule has 0 aliphatic carbocycles. The van der Waals surface area contributed by atoms with Crippen molar-refractivity contribution in [3.05, 3.63) is 52.0 Å². The van der Waals surface area contributed by atoms with E-state index in [4.69, 9.17) is 45.9 Å². The third-order valence-corrected chi connectivity index (χ3v) is 4.41. The molecule has 5 nitrogen and oxygen atoms in total. The van der Waals surface area contributed by atoms with Gasteiger partial charge < -0.3 is 20.7 Å². The predicted octanol–water partition coefficient (Wildman–Crippen LogP) is 4.59. The SMILES string of the molecule is CCOC(=O)c1ccc(N(C)C(=S)Nc2c(Cl)cccc2Cl)c(N)c1. The molecule has 132 valence electrons. The van der Waals surface area contributed by atoms with Crippen LogP contribution in [0.15, 0.2) is 36.4 Å². The van der Waals surface area contributed by atoms with Crippen molar-refractivity contribution in [3.63, 3.8) is 0 Å². The highest BCUT2D eigenvalue weighted by atomic mass is 35.5. The van der Waals surface area contributed by atoms with E-state index in [1.165, 1.54) is 0 Å². The molecular formula is C17H17Cl2N3O2S. The van der Waals surface area contributed by atoms with Crippen molar-refractivity contribution in [2.45, 2.75) is 6.92 Å². The molecule has 0 aromatic heterocycles. The normalized spacial score (nSPS) is 10.2. The topological polar surface area (TPSA) is 67.6 Å². The van der Waals surface area contributed by atoms with Gasteiger partial charge in [0.15, 0.2) is 5.11 Å². The van der Waals surface area contributed by atoms with E-state index in [-0.39, 0.29) is 0 Å². The number of anilines is 3. The number of nitrogens with two attached hydrogens (primary N) is 1. The molecule has 0 aliphatic heterocycles. The molecule has 0 amide bonds. The summed E-state index contributed by atoms with van der Waals surface area (Å²) in [6.07, 6.45) is 0. The fourth-order valence-electron chi connectivity index (χ4n) is 2.12. The van der Waals surface area contributed by atoms with Crippen LogP contribution in [0, 0.1) is 0 Å². The van der Waals surface area contributed by atoms with Crippen molar-refractivity contribution < 1.29 is 9.53 Å². The summed E-state index contributed by atoms with van der Waals surface area (Å²) in [7, 11) is 1.75. The van der Waals surface area contributed by atoms with Crippen molar-refractivity contribution in [2.24, 2.45) is 0 Å². The van der Waals surface area contributed by atoms with Gasteiger partial charge in [-0.1, -0.05) is 29.3 Å². The van der Waals surface area contributed by atoms with Gasteiger partial charge in [-0.15, -0.1) is 0 Å². The van der Waals surface area contributed by atoms with E-state index >= 15 is 0 Å². The van der Waals surface area contributed by atoms with Crippen molar-refractivity contribution in [1.29, 1.82) is 0 Å². The number of nitrogens with zero attached hydrogens (tertiary/aromatic N) is 1. The first-order valence-electron chi connectivity index (χ1n) is 7.40. The van der Waals surface area contributed by atoms with Crippen molar-refractivity contribution >= 4 is 63.6 Å². The highest BCUT2D eigenvalue weighted by Crippen LogP contribution is 2.31. The Hall–Kier alpha value is -2.02. The van der Waals surface area contributed by atoms with Crippen molar-refractivity contribution in [3.8, 4) is 0 Å². The van der Waals surface area contributed by atoms with E-state index in [9.17, 15) is 4.79 Å². The van der Waals surface area contributed by atoms with E-state index in [1.807, 2.05) is 0 Å². The van der Waals surface area contributed by atoms with E-state index in [0.717, 1.165) is 0 Å². The minimum Gasteiger partial charge on any atom is -0.462 e. The summed E-state index contributed by atoms with van der Waals surface area (Å²) in [6.45, 7) is 2.04. The Morgan fingerprint density at radius 3 is 2.48 bits per heavy atom. The Labute approximate surface area is 161 Å². The summed E-state index contributed by atoms with van der Waals surface area (Å²) >= 11 is 17.7. The largest absolute Gasteiger partial charge is 0.462 e. The lowest BCUT2D eigenvalue weighted by Crippen LogP contribution is -2.31. The number of nitrogen functional groups attached to an aromatic ring is 1. The fraction of sp³-hybridized carbons (Fsp3) is 0.176. The van der Waals surface area contributed by atoms with Gasteiger partial charge in [-0.2, -0.15) is 0 Å². The minimum atomic E-state index is -0.424. The second-order valence-electron chi connectivity index (χ2n) is 5.08. The minimum absolute atomic E-state index is 0.299. The molecule has 0 heterocycles. The summed E-state index contributed by atoms with van der Waals surface area (Å²) in [5, 5.41) is 4.27. The Bertz CT molecular complexity index is 794. The monoisotopic (exact) mass is 397 g/mol. The quantitative estimate of drug-likeness (QED) is 0.446. The number of hydrogen-bond donors (Lipinski definition) is 2. The Balaban J connectivity index is 2.21. The Kier molecular flexibility index (Phi) is 6.47. The molecule has 3 N–H and O–H groups in total. The Morgan fingerprint density at radius 1 is 1.28 bits per heavy atom. The van der Waals surface area contributed by atoms with Gasteiger partial charge in [-0.05, 0) is 49.5 Å². The van der Waals surface area contributed by atoms with E-state index in [2.05, 4.69) is 5.32 Å². The zero-order chi connectivity index (χ0) is 18.6. The summed E-state index contributed by atoms with van der Waals surface area (Å²) in [5.74, 6) is -0.424. The first-order chi connectivity index (χ1) is 11.8. The van der Waals surface area contributed by atoms with Crippen LogP contribution in [0.1, 0.15) is 17.3 Å². The first kappa shape index (κ1) is 19.3. The number of para-hydroxylation sites is 1. The Morgan fingerprint density at radius 2 is 1.92 bits per heavy atom. The zero-order valence-corrected chi connectivity index (χ0v) is 16.0. The third kappa shape index (κ3) is 4.54. The lowest BCUT2D eigenvalue weighted by molar-refractivity contribution is 0.0526. The molecular weight excluding hydrogens is 381 g/mol. The maximum Gasteiger partial charge on any atom is 0.338 e. The third-order valence-electron chi connectivity index (χ3n) is 3.40. The number of carbonyl (C=O) groups is 1. The average molecular weight is 398 g/mol.